The molecule has 0 aromatic heterocycles. The van der Waals surface area contributed by atoms with Gasteiger partial charge in [-0.15, -0.1) is 0 Å². The van der Waals surface area contributed by atoms with Crippen LogP contribution in [0.3, 0.4) is 0 Å². The molecule has 0 saturated carbocycles. The maximum absolute atomic E-state index is 13.0. The average molecular weight is 522 g/mol. The summed E-state index contributed by atoms with van der Waals surface area (Å²) in [7, 11) is 5.73. The van der Waals surface area contributed by atoms with Crippen LogP contribution in [0.5, 0.6) is 5.75 Å². The van der Waals surface area contributed by atoms with Gasteiger partial charge in [0.15, 0.2) is 0 Å². The van der Waals surface area contributed by atoms with Gasteiger partial charge >= 0.3 is 0 Å². The highest BCUT2D eigenvalue weighted by atomic mass is 32.2. The van der Waals surface area contributed by atoms with E-state index < -0.39 is 11.0 Å². The van der Waals surface area contributed by atoms with Gasteiger partial charge in [0.1, 0.15) is 16.7 Å². The van der Waals surface area contributed by atoms with Crippen LogP contribution in [0.1, 0.15) is 30.4 Å². The number of hydrogen-bond donors (Lipinski definition) is 1. The van der Waals surface area contributed by atoms with Crippen molar-refractivity contribution in [3.05, 3.63) is 23.3 Å². The average Bonchev–Trinajstić information content (AvgIpc) is 3.28. The van der Waals surface area contributed by atoms with E-state index in [0.29, 0.717) is 29.1 Å². The first-order chi connectivity index (χ1) is 17.1. The number of piperidine rings is 1. The SMILES string of the molecule is COc1cc(C)c(S(=O)N(C)CC(=O)NCC(=O)N(C)CC2CCN(C3CCN(C)C3)CC2)c(C)c1. The predicted octanol–water partition coefficient (Wildman–Crippen LogP) is 1.26. The van der Waals surface area contributed by atoms with E-state index in [1.54, 1.807) is 19.1 Å². The van der Waals surface area contributed by atoms with Crippen molar-refractivity contribution in [1.82, 2.24) is 24.3 Å². The third-order valence-electron chi connectivity index (χ3n) is 7.42. The van der Waals surface area contributed by atoms with Crippen LogP contribution in [-0.2, 0) is 20.6 Å². The molecule has 202 valence electrons. The molecule has 0 aliphatic carbocycles. The van der Waals surface area contributed by atoms with Gasteiger partial charge in [-0.25, -0.2) is 8.51 Å². The Balaban J connectivity index is 1.39. The lowest BCUT2D eigenvalue weighted by atomic mass is 9.95. The fourth-order valence-electron chi connectivity index (χ4n) is 5.29. The molecule has 10 heteroatoms. The number of amides is 2. The molecular weight excluding hydrogens is 478 g/mol. The van der Waals surface area contributed by atoms with Crippen molar-refractivity contribution in [3.8, 4) is 5.75 Å². The molecule has 2 aliphatic rings. The molecule has 2 saturated heterocycles. The van der Waals surface area contributed by atoms with Gasteiger partial charge in [0, 0.05) is 33.2 Å². The molecule has 2 unspecified atom stereocenters. The Morgan fingerprint density at radius 2 is 1.75 bits per heavy atom. The topological polar surface area (TPSA) is 85.4 Å². The van der Waals surface area contributed by atoms with Crippen LogP contribution < -0.4 is 10.1 Å². The summed E-state index contributed by atoms with van der Waals surface area (Å²) in [5.41, 5.74) is 1.69. The number of likely N-dealkylation sites (N-methyl/N-ethyl adjacent to an activating group) is 3. The minimum Gasteiger partial charge on any atom is -0.497 e. The van der Waals surface area contributed by atoms with Crippen molar-refractivity contribution in [1.29, 1.82) is 0 Å². The summed E-state index contributed by atoms with van der Waals surface area (Å²) in [5, 5.41) is 2.69. The zero-order chi connectivity index (χ0) is 26.4. The molecule has 0 spiro atoms. The smallest absolute Gasteiger partial charge is 0.241 e. The second-order valence-electron chi connectivity index (χ2n) is 10.4. The third-order valence-corrected chi connectivity index (χ3v) is 9.11. The number of carbonyl (C=O) groups excluding carboxylic acids is 2. The first kappa shape index (κ1) is 28.6. The van der Waals surface area contributed by atoms with E-state index in [1.807, 2.05) is 33.0 Å². The summed E-state index contributed by atoms with van der Waals surface area (Å²) in [6.45, 7) is 8.88. The Kier molecular flexibility index (Phi) is 10.3. The number of ether oxygens (including phenoxy) is 1. The zero-order valence-electron chi connectivity index (χ0n) is 22.7. The van der Waals surface area contributed by atoms with Crippen LogP contribution in [0, 0.1) is 19.8 Å². The molecule has 1 N–H and O–H groups in total. The van der Waals surface area contributed by atoms with Crippen LogP contribution in [0.25, 0.3) is 0 Å². The number of benzene rings is 1. The Morgan fingerprint density at radius 1 is 1.11 bits per heavy atom. The van der Waals surface area contributed by atoms with Crippen molar-refractivity contribution in [2.24, 2.45) is 5.92 Å². The molecule has 9 nitrogen and oxygen atoms in total. The summed E-state index contributed by atoms with van der Waals surface area (Å²) in [4.78, 5) is 32.5. The minimum atomic E-state index is -1.50. The van der Waals surface area contributed by atoms with Crippen LogP contribution in [0.4, 0.5) is 0 Å². The first-order valence-electron chi connectivity index (χ1n) is 12.8. The number of nitrogens with zero attached hydrogens (tertiary/aromatic N) is 4. The van der Waals surface area contributed by atoms with Gasteiger partial charge in [-0.2, -0.15) is 0 Å². The fraction of sp³-hybridized carbons (Fsp3) is 0.692. The second kappa shape index (κ2) is 13.0. The Labute approximate surface area is 218 Å². The van der Waals surface area contributed by atoms with Crippen LogP contribution in [0.2, 0.25) is 0 Å². The van der Waals surface area contributed by atoms with Gasteiger partial charge < -0.3 is 19.9 Å². The van der Waals surface area contributed by atoms with Gasteiger partial charge in [-0.1, -0.05) is 0 Å². The maximum Gasteiger partial charge on any atom is 0.241 e. The third kappa shape index (κ3) is 7.50. The van der Waals surface area contributed by atoms with E-state index in [1.165, 1.54) is 17.3 Å². The molecule has 2 aliphatic heterocycles. The molecular formula is C26H43N5O4S. The molecule has 0 bridgehead atoms. The molecule has 36 heavy (non-hydrogen) atoms. The number of nitrogens with one attached hydrogen (secondary N) is 1. The van der Waals surface area contributed by atoms with Gasteiger partial charge in [-0.05, 0) is 89.0 Å². The summed E-state index contributed by atoms with van der Waals surface area (Å²) in [6, 6.07) is 4.34. The van der Waals surface area contributed by atoms with Crippen molar-refractivity contribution in [2.45, 2.75) is 44.0 Å². The highest BCUT2D eigenvalue weighted by molar-refractivity contribution is 7.82. The van der Waals surface area contributed by atoms with Gasteiger partial charge in [0.25, 0.3) is 0 Å². The normalized spacial score (nSPS) is 20.5. The largest absolute Gasteiger partial charge is 0.497 e. The highest BCUT2D eigenvalue weighted by Gasteiger charge is 2.30. The van der Waals surface area contributed by atoms with Crippen LogP contribution in [0.15, 0.2) is 17.0 Å². The number of hydrogen-bond acceptors (Lipinski definition) is 6. The molecule has 1 aromatic rings. The van der Waals surface area contributed by atoms with E-state index in [0.717, 1.165) is 43.6 Å². The van der Waals surface area contributed by atoms with Crippen LogP contribution >= 0.6 is 0 Å². The van der Waals surface area contributed by atoms with Gasteiger partial charge in [0.05, 0.1) is 25.1 Å². The van der Waals surface area contributed by atoms with Gasteiger partial charge in [0.2, 0.25) is 11.8 Å². The van der Waals surface area contributed by atoms with Crippen molar-refractivity contribution in [2.75, 3.05) is 74.1 Å². The fourth-order valence-corrected chi connectivity index (χ4v) is 6.50. The predicted molar refractivity (Wildman–Crippen MR) is 142 cm³/mol. The van der Waals surface area contributed by atoms with Crippen molar-refractivity contribution >= 4 is 22.8 Å². The molecule has 0 radical (unpaired) electrons. The zero-order valence-corrected chi connectivity index (χ0v) is 23.5. The van der Waals surface area contributed by atoms with Crippen LogP contribution in [-0.4, -0.2) is 115 Å². The monoisotopic (exact) mass is 521 g/mol. The Bertz CT molecular complexity index is 927. The quantitative estimate of drug-likeness (QED) is 0.499. The molecule has 2 fully saturated rings. The van der Waals surface area contributed by atoms with E-state index in [9.17, 15) is 13.8 Å². The number of methoxy groups -OCH3 is 1. The Hall–Kier alpha value is -2.01. The number of rotatable bonds is 10. The Morgan fingerprint density at radius 3 is 2.31 bits per heavy atom. The minimum absolute atomic E-state index is 0.0519. The number of aryl methyl sites for hydroxylation is 2. The van der Waals surface area contributed by atoms with E-state index in [-0.39, 0.29) is 24.9 Å². The lowest BCUT2D eigenvalue weighted by Gasteiger charge is -2.37. The summed E-state index contributed by atoms with van der Waals surface area (Å²) in [6.07, 6.45) is 3.46. The van der Waals surface area contributed by atoms with Gasteiger partial charge in [-0.3, -0.25) is 14.5 Å². The number of carbonyl (C=O) groups is 2. The molecule has 2 heterocycles. The van der Waals surface area contributed by atoms with E-state index in [2.05, 4.69) is 22.2 Å². The summed E-state index contributed by atoms with van der Waals surface area (Å²) < 4.78 is 19.8. The standard InChI is InChI=1S/C26H43N5O4S/c1-19-13-23(35-6)14-20(2)26(19)36(34)30(5)18-24(32)27-15-25(33)29(4)16-21-7-11-31(12-8-21)22-9-10-28(3)17-22/h13-14,21-22H,7-12,15-18H2,1-6H3,(H,27,32). The van der Waals surface area contributed by atoms with Crippen molar-refractivity contribution in [3.63, 3.8) is 0 Å². The van der Waals surface area contributed by atoms with Crippen molar-refractivity contribution < 1.29 is 18.5 Å². The summed E-state index contributed by atoms with van der Waals surface area (Å²) in [5.74, 6) is 0.774. The molecule has 3 rings (SSSR count). The lowest BCUT2D eigenvalue weighted by molar-refractivity contribution is -0.132. The second-order valence-corrected chi connectivity index (χ2v) is 11.9. The van der Waals surface area contributed by atoms with E-state index >= 15 is 0 Å². The lowest BCUT2D eigenvalue weighted by Crippen LogP contribution is -2.46. The highest BCUT2D eigenvalue weighted by Crippen LogP contribution is 2.26. The maximum atomic E-state index is 13.0. The molecule has 1 aromatic carbocycles. The summed E-state index contributed by atoms with van der Waals surface area (Å²) >= 11 is 0. The van der Waals surface area contributed by atoms with E-state index in [4.69, 9.17) is 4.74 Å². The first-order valence-corrected chi connectivity index (χ1v) is 13.9. The molecule has 2 amide bonds. The number of likely N-dealkylation sites (tertiary alicyclic amines) is 2. The molecule has 2 atom stereocenters.